The second-order valence-electron chi connectivity index (χ2n) is 11.7. The van der Waals surface area contributed by atoms with E-state index in [4.69, 9.17) is 9.47 Å². The number of aryl methyl sites for hydroxylation is 1. The van der Waals surface area contributed by atoms with Gasteiger partial charge in [-0.2, -0.15) is 0 Å². The van der Waals surface area contributed by atoms with E-state index in [2.05, 4.69) is 26.0 Å². The summed E-state index contributed by atoms with van der Waals surface area (Å²) >= 11 is 0. The summed E-state index contributed by atoms with van der Waals surface area (Å²) in [5.74, 6) is 0.128. The van der Waals surface area contributed by atoms with Gasteiger partial charge in [0.1, 0.15) is 23.9 Å². The Bertz CT molecular complexity index is 1470. The minimum absolute atomic E-state index is 0.00624. The normalized spacial score (nSPS) is 22.9. The Morgan fingerprint density at radius 1 is 1.05 bits per heavy atom. The third kappa shape index (κ3) is 4.18. The standard InChI is InChI=1S/C33H33FO4/c1-20-6-10-29(34)25(15-20)23-9-7-21(16-24(23)26-5-4-12-32(26,2)3)19-38-22-8-11-30-27(17-22)33(13-14-37-30)18-28(33)31(35)36/h5-11,15-17,28H,4,12-14,18-19H2,1-3H3,(H,35,36)/t28-,33+/m0/s1. The van der Waals surface area contributed by atoms with E-state index in [0.717, 1.165) is 46.4 Å². The topological polar surface area (TPSA) is 55.8 Å². The molecule has 1 aliphatic heterocycles. The molecule has 5 heteroatoms. The van der Waals surface area contributed by atoms with Crippen molar-refractivity contribution in [2.24, 2.45) is 11.3 Å². The Hall–Kier alpha value is -3.60. The molecule has 3 aromatic carbocycles. The highest BCUT2D eigenvalue weighted by Crippen LogP contribution is 2.61. The van der Waals surface area contributed by atoms with Crippen molar-refractivity contribution in [1.82, 2.24) is 0 Å². The van der Waals surface area contributed by atoms with Crippen LogP contribution in [-0.4, -0.2) is 17.7 Å². The Balaban J connectivity index is 1.31. The lowest BCUT2D eigenvalue weighted by atomic mass is 9.79. The van der Waals surface area contributed by atoms with Crippen molar-refractivity contribution in [1.29, 1.82) is 0 Å². The highest BCUT2D eigenvalue weighted by atomic mass is 19.1. The maximum atomic E-state index is 15.0. The number of hydrogen-bond acceptors (Lipinski definition) is 3. The molecule has 0 bridgehead atoms. The molecule has 6 rings (SSSR count). The third-order valence-corrected chi connectivity index (χ3v) is 8.71. The SMILES string of the molecule is Cc1ccc(F)c(-c2ccc(COc3ccc4c(c3)[C@@]3(CCO4)C[C@H]3C(=O)O)cc2C2=CCCC2(C)C)c1. The Morgan fingerprint density at radius 2 is 1.89 bits per heavy atom. The molecule has 0 unspecified atom stereocenters. The molecular weight excluding hydrogens is 479 g/mol. The van der Waals surface area contributed by atoms with Crippen LogP contribution in [0, 0.1) is 24.1 Å². The van der Waals surface area contributed by atoms with Crippen LogP contribution < -0.4 is 9.47 Å². The van der Waals surface area contributed by atoms with Gasteiger partial charge in [-0.3, -0.25) is 4.79 Å². The fourth-order valence-corrected chi connectivity index (χ4v) is 6.41. The lowest BCUT2D eigenvalue weighted by Crippen LogP contribution is -2.24. The van der Waals surface area contributed by atoms with Crippen LogP contribution in [0.25, 0.3) is 16.7 Å². The van der Waals surface area contributed by atoms with Gasteiger partial charge in [-0.1, -0.05) is 43.7 Å². The smallest absolute Gasteiger partial charge is 0.307 e. The summed E-state index contributed by atoms with van der Waals surface area (Å²) < 4.78 is 27.0. The van der Waals surface area contributed by atoms with Gasteiger partial charge in [0.15, 0.2) is 0 Å². The maximum Gasteiger partial charge on any atom is 0.307 e. The van der Waals surface area contributed by atoms with Gasteiger partial charge >= 0.3 is 5.97 Å². The first-order valence-corrected chi connectivity index (χ1v) is 13.4. The third-order valence-electron chi connectivity index (χ3n) is 8.71. The van der Waals surface area contributed by atoms with Crippen LogP contribution in [0.3, 0.4) is 0 Å². The molecule has 3 aromatic rings. The number of hydrogen-bond donors (Lipinski definition) is 1. The maximum absolute atomic E-state index is 15.0. The van der Waals surface area contributed by atoms with Gasteiger partial charge in [-0.25, -0.2) is 4.39 Å². The summed E-state index contributed by atoms with van der Waals surface area (Å²) in [6, 6.07) is 17.2. The molecule has 1 spiro atoms. The number of allylic oxidation sites excluding steroid dienone is 2. The predicted octanol–water partition coefficient (Wildman–Crippen LogP) is 7.71. The summed E-state index contributed by atoms with van der Waals surface area (Å²) in [5, 5.41) is 9.61. The van der Waals surface area contributed by atoms with E-state index in [1.54, 1.807) is 12.1 Å². The molecule has 1 fully saturated rings. The number of carboxylic acid groups (broad SMARTS) is 1. The monoisotopic (exact) mass is 512 g/mol. The first-order valence-electron chi connectivity index (χ1n) is 13.4. The second-order valence-corrected chi connectivity index (χ2v) is 11.7. The molecule has 0 amide bonds. The van der Waals surface area contributed by atoms with Gasteiger partial charge in [0, 0.05) is 16.5 Å². The number of carbonyl (C=O) groups is 1. The first-order chi connectivity index (χ1) is 18.2. The Labute approximate surface area is 223 Å². The molecule has 2 aliphatic carbocycles. The highest BCUT2D eigenvalue weighted by molar-refractivity contribution is 5.85. The molecule has 3 aliphatic rings. The molecule has 2 atom stereocenters. The second kappa shape index (κ2) is 9.00. The van der Waals surface area contributed by atoms with Crippen LogP contribution >= 0.6 is 0 Å². The van der Waals surface area contributed by atoms with Crippen molar-refractivity contribution in [3.63, 3.8) is 0 Å². The van der Waals surface area contributed by atoms with Gasteiger partial charge < -0.3 is 14.6 Å². The quantitative estimate of drug-likeness (QED) is 0.368. The number of benzene rings is 3. The molecule has 0 saturated heterocycles. The highest BCUT2D eigenvalue weighted by Gasteiger charge is 2.61. The zero-order valence-electron chi connectivity index (χ0n) is 22.1. The van der Waals surface area contributed by atoms with Crippen LogP contribution in [0.2, 0.25) is 0 Å². The van der Waals surface area contributed by atoms with E-state index < -0.39 is 5.97 Å². The lowest BCUT2D eigenvalue weighted by molar-refractivity contribution is -0.139. The number of halogens is 1. The van der Waals surface area contributed by atoms with Crippen molar-refractivity contribution >= 4 is 11.5 Å². The summed E-state index contributed by atoms with van der Waals surface area (Å²) in [4.78, 5) is 11.7. The van der Waals surface area contributed by atoms with E-state index in [9.17, 15) is 14.3 Å². The zero-order chi connectivity index (χ0) is 26.7. The van der Waals surface area contributed by atoms with Crippen LogP contribution in [0.15, 0.2) is 60.7 Å². The number of ether oxygens (including phenoxy) is 2. The zero-order valence-corrected chi connectivity index (χ0v) is 22.1. The van der Waals surface area contributed by atoms with Gasteiger partial charge in [-0.05, 0) is 96.7 Å². The average Bonchev–Trinajstić information content (AvgIpc) is 3.50. The molecule has 38 heavy (non-hydrogen) atoms. The van der Waals surface area contributed by atoms with Crippen LogP contribution in [-0.2, 0) is 16.8 Å². The van der Waals surface area contributed by atoms with E-state index in [0.29, 0.717) is 37.4 Å². The molecule has 1 saturated carbocycles. The van der Waals surface area contributed by atoms with E-state index in [1.165, 1.54) is 5.57 Å². The van der Waals surface area contributed by atoms with Crippen molar-refractivity contribution < 1.29 is 23.8 Å². The largest absolute Gasteiger partial charge is 0.493 e. The molecule has 0 aromatic heterocycles. The number of fused-ring (bicyclic) bond motifs is 2. The van der Waals surface area contributed by atoms with Crippen molar-refractivity contribution in [3.8, 4) is 22.6 Å². The molecule has 4 nitrogen and oxygen atoms in total. The minimum atomic E-state index is -0.744. The van der Waals surface area contributed by atoms with Crippen molar-refractivity contribution in [2.45, 2.75) is 58.5 Å². The van der Waals surface area contributed by atoms with Gasteiger partial charge in [-0.15, -0.1) is 0 Å². The lowest BCUT2D eigenvalue weighted by Gasteiger charge is -2.27. The predicted molar refractivity (Wildman–Crippen MR) is 146 cm³/mol. The summed E-state index contributed by atoms with van der Waals surface area (Å²) in [7, 11) is 0. The summed E-state index contributed by atoms with van der Waals surface area (Å²) in [5.41, 5.74) is 6.45. The molecule has 0 radical (unpaired) electrons. The fourth-order valence-electron chi connectivity index (χ4n) is 6.41. The average molecular weight is 513 g/mol. The number of aliphatic carboxylic acids is 1. The van der Waals surface area contributed by atoms with E-state index in [-0.39, 0.29) is 22.6 Å². The fraction of sp³-hybridized carbons (Fsp3) is 0.364. The van der Waals surface area contributed by atoms with E-state index >= 15 is 0 Å². The number of rotatable bonds is 6. The van der Waals surface area contributed by atoms with Crippen LogP contribution in [0.4, 0.5) is 4.39 Å². The number of carboxylic acids is 1. The van der Waals surface area contributed by atoms with Crippen molar-refractivity contribution in [3.05, 3.63) is 88.7 Å². The Morgan fingerprint density at radius 3 is 2.63 bits per heavy atom. The molecule has 196 valence electrons. The molecular formula is C33H33FO4. The van der Waals surface area contributed by atoms with Gasteiger partial charge in [0.05, 0.1) is 12.5 Å². The molecule has 1 heterocycles. The van der Waals surface area contributed by atoms with Crippen LogP contribution in [0.1, 0.15) is 61.8 Å². The Kier molecular flexibility index (Phi) is 5.86. The van der Waals surface area contributed by atoms with Gasteiger partial charge in [0.25, 0.3) is 0 Å². The molecule has 1 N–H and O–H groups in total. The van der Waals surface area contributed by atoms with Crippen LogP contribution in [0.5, 0.6) is 11.5 Å². The van der Waals surface area contributed by atoms with E-state index in [1.807, 2.05) is 43.3 Å². The summed E-state index contributed by atoms with van der Waals surface area (Å²) in [6.45, 7) is 7.38. The van der Waals surface area contributed by atoms with Gasteiger partial charge in [0.2, 0.25) is 0 Å². The minimum Gasteiger partial charge on any atom is -0.493 e. The first kappa shape index (κ1) is 24.7. The summed E-state index contributed by atoms with van der Waals surface area (Å²) in [6.07, 6.45) is 5.72. The van der Waals surface area contributed by atoms with Crippen molar-refractivity contribution in [2.75, 3.05) is 6.61 Å².